The molecule has 1 aromatic rings. The molecule has 0 atom stereocenters. The standard InChI is InChI=1S/C11H16Si/c1-10(12(2)3)9-11-7-5-4-6-8-11/h4-9,12H,1-3H3. The van der Waals surface area contributed by atoms with Gasteiger partial charge in [-0.3, -0.25) is 0 Å². The maximum absolute atomic E-state index is 2.36. The monoisotopic (exact) mass is 176 g/mol. The van der Waals surface area contributed by atoms with Gasteiger partial charge in [-0.1, -0.05) is 54.7 Å². The Morgan fingerprint density at radius 1 is 1.17 bits per heavy atom. The van der Waals surface area contributed by atoms with Crippen LogP contribution in [0, 0.1) is 0 Å². The molecular weight excluding hydrogens is 160 g/mol. The van der Waals surface area contributed by atoms with Gasteiger partial charge in [0.25, 0.3) is 0 Å². The van der Waals surface area contributed by atoms with E-state index in [1.807, 2.05) is 0 Å². The second kappa shape index (κ2) is 4.26. The van der Waals surface area contributed by atoms with Gasteiger partial charge >= 0.3 is 0 Å². The zero-order valence-electron chi connectivity index (χ0n) is 8.04. The fourth-order valence-corrected chi connectivity index (χ4v) is 1.50. The highest BCUT2D eigenvalue weighted by Gasteiger charge is 1.96. The largest absolute Gasteiger partial charge is 0.0871 e. The van der Waals surface area contributed by atoms with Crippen LogP contribution in [0.1, 0.15) is 12.5 Å². The zero-order valence-corrected chi connectivity index (χ0v) is 9.20. The van der Waals surface area contributed by atoms with Crippen molar-refractivity contribution in [1.82, 2.24) is 0 Å². The van der Waals surface area contributed by atoms with Crippen LogP contribution in [0.5, 0.6) is 0 Å². The van der Waals surface area contributed by atoms with Crippen LogP contribution in [0.2, 0.25) is 13.1 Å². The van der Waals surface area contributed by atoms with Gasteiger partial charge < -0.3 is 0 Å². The summed E-state index contributed by atoms with van der Waals surface area (Å²) in [4.78, 5) is 0. The molecule has 0 aliphatic rings. The Hall–Kier alpha value is -0.823. The van der Waals surface area contributed by atoms with Gasteiger partial charge in [0, 0.05) is 0 Å². The van der Waals surface area contributed by atoms with Gasteiger partial charge in [-0.15, -0.1) is 0 Å². The number of benzene rings is 1. The van der Waals surface area contributed by atoms with Crippen molar-refractivity contribution in [2.75, 3.05) is 0 Å². The van der Waals surface area contributed by atoms with Gasteiger partial charge in [-0.2, -0.15) is 0 Å². The van der Waals surface area contributed by atoms with Crippen LogP contribution in [-0.2, 0) is 0 Å². The molecule has 0 heterocycles. The molecule has 0 spiro atoms. The van der Waals surface area contributed by atoms with E-state index in [1.54, 1.807) is 5.20 Å². The van der Waals surface area contributed by atoms with Crippen LogP contribution >= 0.6 is 0 Å². The summed E-state index contributed by atoms with van der Waals surface area (Å²) < 4.78 is 0. The quantitative estimate of drug-likeness (QED) is 0.607. The summed E-state index contributed by atoms with van der Waals surface area (Å²) in [7, 11) is -0.573. The van der Waals surface area contributed by atoms with Crippen molar-refractivity contribution in [3.63, 3.8) is 0 Å². The molecule has 0 radical (unpaired) electrons. The number of hydrogen-bond donors (Lipinski definition) is 0. The first-order valence-electron chi connectivity index (χ1n) is 4.43. The first kappa shape index (κ1) is 9.27. The number of rotatable bonds is 2. The van der Waals surface area contributed by atoms with Crippen molar-refractivity contribution in [2.45, 2.75) is 20.0 Å². The molecule has 0 N–H and O–H groups in total. The van der Waals surface area contributed by atoms with Crippen LogP contribution in [0.15, 0.2) is 35.5 Å². The molecule has 0 aliphatic carbocycles. The lowest BCUT2D eigenvalue weighted by atomic mass is 10.2. The Kier molecular flexibility index (Phi) is 3.29. The predicted octanol–water partition coefficient (Wildman–Crippen LogP) is 3.12. The molecule has 0 fully saturated rings. The van der Waals surface area contributed by atoms with E-state index < -0.39 is 8.80 Å². The summed E-state index contributed by atoms with van der Waals surface area (Å²) in [5, 5.41) is 1.57. The number of allylic oxidation sites excluding steroid dienone is 1. The predicted molar refractivity (Wildman–Crippen MR) is 59.0 cm³/mol. The molecule has 0 nitrogen and oxygen atoms in total. The third-order valence-corrected chi connectivity index (χ3v) is 4.09. The van der Waals surface area contributed by atoms with Crippen LogP contribution in [0.3, 0.4) is 0 Å². The van der Waals surface area contributed by atoms with Crippen LogP contribution in [0.25, 0.3) is 6.08 Å². The van der Waals surface area contributed by atoms with Gasteiger partial charge in [0.15, 0.2) is 0 Å². The first-order valence-corrected chi connectivity index (χ1v) is 7.32. The third-order valence-electron chi connectivity index (χ3n) is 2.10. The van der Waals surface area contributed by atoms with E-state index in [0.717, 1.165) is 0 Å². The molecular formula is C11H16Si. The van der Waals surface area contributed by atoms with E-state index in [1.165, 1.54) is 5.56 Å². The summed E-state index contributed by atoms with van der Waals surface area (Å²) in [6, 6.07) is 10.5. The Bertz CT molecular complexity index is 260. The smallest absolute Gasteiger partial charge is 0.0592 e. The van der Waals surface area contributed by atoms with Crippen LogP contribution in [0.4, 0.5) is 0 Å². The SMILES string of the molecule is CC(=Cc1ccccc1)[SiH](C)C. The molecule has 1 aromatic carbocycles. The van der Waals surface area contributed by atoms with Crippen molar-refractivity contribution in [3.05, 3.63) is 41.1 Å². The second-order valence-corrected chi connectivity index (χ2v) is 6.67. The minimum atomic E-state index is -0.573. The summed E-state index contributed by atoms with van der Waals surface area (Å²) in [6.45, 7) is 6.95. The van der Waals surface area contributed by atoms with Crippen molar-refractivity contribution < 1.29 is 0 Å². The normalized spacial score (nSPS) is 12.2. The molecule has 0 amide bonds. The Labute approximate surface area is 76.5 Å². The van der Waals surface area contributed by atoms with Crippen LogP contribution in [-0.4, -0.2) is 8.80 Å². The molecule has 0 aromatic heterocycles. The van der Waals surface area contributed by atoms with Gasteiger partial charge in [-0.25, -0.2) is 0 Å². The van der Waals surface area contributed by atoms with Gasteiger partial charge in [0.2, 0.25) is 0 Å². The third kappa shape index (κ3) is 2.66. The average molecular weight is 176 g/mol. The topological polar surface area (TPSA) is 0 Å². The fourth-order valence-electron chi connectivity index (χ4n) is 0.979. The molecule has 1 rings (SSSR count). The van der Waals surface area contributed by atoms with Crippen molar-refractivity contribution in [3.8, 4) is 0 Å². The van der Waals surface area contributed by atoms with E-state index in [-0.39, 0.29) is 0 Å². The molecule has 0 unspecified atom stereocenters. The molecule has 64 valence electrons. The van der Waals surface area contributed by atoms with Gasteiger partial charge in [0.1, 0.15) is 0 Å². The Morgan fingerprint density at radius 2 is 1.75 bits per heavy atom. The average Bonchev–Trinajstić information content (AvgIpc) is 2.06. The summed E-state index contributed by atoms with van der Waals surface area (Å²) >= 11 is 0. The van der Waals surface area contributed by atoms with E-state index in [0.29, 0.717) is 0 Å². The zero-order chi connectivity index (χ0) is 8.97. The summed E-state index contributed by atoms with van der Waals surface area (Å²) in [6.07, 6.45) is 2.30. The van der Waals surface area contributed by atoms with E-state index in [2.05, 4.69) is 56.4 Å². The molecule has 0 aliphatic heterocycles. The van der Waals surface area contributed by atoms with Crippen molar-refractivity contribution in [1.29, 1.82) is 0 Å². The van der Waals surface area contributed by atoms with Gasteiger partial charge in [0.05, 0.1) is 8.80 Å². The van der Waals surface area contributed by atoms with E-state index in [9.17, 15) is 0 Å². The van der Waals surface area contributed by atoms with E-state index in [4.69, 9.17) is 0 Å². The van der Waals surface area contributed by atoms with Gasteiger partial charge in [-0.05, 0) is 12.5 Å². The lowest BCUT2D eigenvalue weighted by Crippen LogP contribution is -2.01. The minimum absolute atomic E-state index is 0.573. The maximum atomic E-state index is 2.36. The molecule has 12 heavy (non-hydrogen) atoms. The van der Waals surface area contributed by atoms with Crippen molar-refractivity contribution in [2.24, 2.45) is 0 Å². The highest BCUT2D eigenvalue weighted by molar-refractivity contribution is 6.64. The fraction of sp³-hybridized carbons (Fsp3) is 0.273. The highest BCUT2D eigenvalue weighted by Crippen LogP contribution is 2.08. The lowest BCUT2D eigenvalue weighted by Gasteiger charge is -2.02. The Balaban J connectivity index is 2.81. The minimum Gasteiger partial charge on any atom is -0.0871 e. The summed E-state index contributed by atoms with van der Waals surface area (Å²) in [5.41, 5.74) is 1.33. The molecule has 0 saturated carbocycles. The van der Waals surface area contributed by atoms with E-state index >= 15 is 0 Å². The molecule has 1 heteroatoms. The lowest BCUT2D eigenvalue weighted by molar-refractivity contribution is 1.59. The Morgan fingerprint density at radius 3 is 2.25 bits per heavy atom. The molecule has 0 saturated heterocycles. The van der Waals surface area contributed by atoms with Crippen LogP contribution < -0.4 is 0 Å². The second-order valence-electron chi connectivity index (χ2n) is 3.45. The summed E-state index contributed by atoms with van der Waals surface area (Å²) in [5.74, 6) is 0. The van der Waals surface area contributed by atoms with Crippen molar-refractivity contribution >= 4 is 14.9 Å². The molecule has 0 bridgehead atoms. The highest BCUT2D eigenvalue weighted by atomic mass is 28.3. The number of hydrogen-bond acceptors (Lipinski definition) is 0. The first-order chi connectivity index (χ1) is 5.70. The maximum Gasteiger partial charge on any atom is 0.0592 e.